The fourth-order valence-corrected chi connectivity index (χ4v) is 1.82. The van der Waals surface area contributed by atoms with E-state index in [0.29, 0.717) is 5.82 Å². The summed E-state index contributed by atoms with van der Waals surface area (Å²) in [4.78, 5) is 18.9. The van der Waals surface area contributed by atoms with Crippen molar-refractivity contribution in [2.75, 3.05) is 18.4 Å². The second-order valence-corrected chi connectivity index (χ2v) is 4.59. The molecule has 1 rings (SSSR count). The molecule has 0 fully saturated rings. The Morgan fingerprint density at radius 3 is 2.63 bits per heavy atom. The molecule has 0 saturated heterocycles. The van der Waals surface area contributed by atoms with Crippen LogP contribution in [0.25, 0.3) is 0 Å². The van der Waals surface area contributed by atoms with Crippen LogP contribution in [0.2, 0.25) is 5.28 Å². The number of amides is 1. The summed E-state index contributed by atoms with van der Waals surface area (Å²) in [5.41, 5.74) is 10.9. The second-order valence-electron chi connectivity index (χ2n) is 4.25. The molecule has 0 aliphatic heterocycles. The van der Waals surface area contributed by atoms with Crippen molar-refractivity contribution < 1.29 is 4.79 Å². The lowest BCUT2D eigenvalue weighted by Crippen LogP contribution is -2.16. The van der Waals surface area contributed by atoms with Crippen LogP contribution in [-0.2, 0) is 0 Å². The Hall–Kier alpha value is -1.40. The van der Waals surface area contributed by atoms with Crippen molar-refractivity contribution >= 4 is 23.3 Å². The number of anilines is 1. The third-order valence-electron chi connectivity index (χ3n) is 2.70. The Bertz CT molecular complexity index is 413. The summed E-state index contributed by atoms with van der Waals surface area (Å²) in [5.74, 6) is -0.170. The minimum absolute atomic E-state index is 0.0930. The molecular formula is C12H20ClN5O. The van der Waals surface area contributed by atoms with Crippen molar-refractivity contribution in [3.05, 3.63) is 17.0 Å². The molecule has 0 aromatic carbocycles. The number of hydrogen-bond acceptors (Lipinski definition) is 5. The van der Waals surface area contributed by atoms with Gasteiger partial charge < -0.3 is 16.8 Å². The average molecular weight is 286 g/mol. The fraction of sp³-hybridized carbons (Fsp3) is 0.583. The molecule has 7 heteroatoms. The molecule has 0 saturated carbocycles. The first kappa shape index (κ1) is 15.7. The Labute approximate surface area is 117 Å². The number of rotatable bonds is 9. The summed E-state index contributed by atoms with van der Waals surface area (Å²) < 4.78 is 0. The maximum absolute atomic E-state index is 11.2. The molecule has 0 aliphatic carbocycles. The summed E-state index contributed by atoms with van der Waals surface area (Å²) in [7, 11) is 0. The molecule has 0 atom stereocenters. The van der Waals surface area contributed by atoms with Crippen LogP contribution < -0.4 is 16.8 Å². The summed E-state index contributed by atoms with van der Waals surface area (Å²) >= 11 is 5.69. The number of carbonyl (C=O) groups excluding carboxylic acids is 1. The molecule has 1 heterocycles. The Morgan fingerprint density at radius 1 is 1.26 bits per heavy atom. The van der Waals surface area contributed by atoms with Crippen molar-refractivity contribution in [1.29, 1.82) is 0 Å². The van der Waals surface area contributed by atoms with Crippen molar-refractivity contribution in [3.63, 3.8) is 0 Å². The normalized spacial score (nSPS) is 10.4. The molecule has 19 heavy (non-hydrogen) atoms. The number of nitrogens with two attached hydrogens (primary N) is 2. The monoisotopic (exact) mass is 285 g/mol. The SMILES string of the molecule is NCCCCCCCNc1nc(Cl)ncc1C(N)=O. The molecule has 0 radical (unpaired) electrons. The van der Waals surface area contributed by atoms with E-state index in [4.69, 9.17) is 23.1 Å². The maximum atomic E-state index is 11.2. The number of hydrogen-bond donors (Lipinski definition) is 3. The molecule has 106 valence electrons. The van der Waals surface area contributed by atoms with Crippen LogP contribution in [0.15, 0.2) is 6.20 Å². The predicted octanol–water partition coefficient (Wildman–Crippen LogP) is 1.55. The van der Waals surface area contributed by atoms with Gasteiger partial charge in [-0.25, -0.2) is 4.98 Å². The zero-order chi connectivity index (χ0) is 14.1. The zero-order valence-electron chi connectivity index (χ0n) is 10.9. The van der Waals surface area contributed by atoms with Gasteiger partial charge in [0.15, 0.2) is 0 Å². The second kappa shape index (κ2) is 8.66. The minimum Gasteiger partial charge on any atom is -0.369 e. The molecule has 0 bridgehead atoms. The quantitative estimate of drug-likeness (QED) is 0.471. The Kier molecular flexibility index (Phi) is 7.14. The minimum atomic E-state index is -0.567. The highest BCUT2D eigenvalue weighted by Crippen LogP contribution is 2.13. The number of aromatic nitrogens is 2. The molecule has 1 aromatic heterocycles. The number of nitrogens with zero attached hydrogens (tertiary/aromatic N) is 2. The Morgan fingerprint density at radius 2 is 1.95 bits per heavy atom. The molecule has 0 aliphatic rings. The standard InChI is InChI=1S/C12H20ClN5O/c13-12-17-8-9(10(15)19)11(18-12)16-7-5-3-1-2-4-6-14/h8H,1-7,14H2,(H2,15,19)(H,16,17,18). The van der Waals surface area contributed by atoms with Crippen molar-refractivity contribution in [2.24, 2.45) is 11.5 Å². The van der Waals surface area contributed by atoms with E-state index in [2.05, 4.69) is 15.3 Å². The van der Waals surface area contributed by atoms with Crippen LogP contribution in [-0.4, -0.2) is 29.0 Å². The first-order valence-corrected chi connectivity index (χ1v) is 6.79. The van der Waals surface area contributed by atoms with Gasteiger partial charge in [0.1, 0.15) is 5.82 Å². The van der Waals surface area contributed by atoms with Gasteiger partial charge in [-0.1, -0.05) is 19.3 Å². The molecule has 1 amide bonds. The lowest BCUT2D eigenvalue weighted by Gasteiger charge is -2.08. The molecule has 6 nitrogen and oxygen atoms in total. The maximum Gasteiger partial charge on any atom is 0.254 e. The average Bonchev–Trinajstić information content (AvgIpc) is 2.37. The zero-order valence-corrected chi connectivity index (χ0v) is 11.6. The fourth-order valence-electron chi connectivity index (χ4n) is 1.68. The van der Waals surface area contributed by atoms with Gasteiger partial charge >= 0.3 is 0 Å². The molecule has 1 aromatic rings. The third-order valence-corrected chi connectivity index (χ3v) is 2.88. The van der Waals surface area contributed by atoms with Gasteiger partial charge in [-0.05, 0) is 31.0 Å². The van der Waals surface area contributed by atoms with Crippen molar-refractivity contribution in [2.45, 2.75) is 32.1 Å². The lowest BCUT2D eigenvalue weighted by molar-refractivity contribution is 0.100. The molecule has 0 spiro atoms. The summed E-state index contributed by atoms with van der Waals surface area (Å²) in [6.45, 7) is 1.47. The number of halogens is 1. The molecule has 0 unspecified atom stereocenters. The van der Waals surface area contributed by atoms with Crippen molar-refractivity contribution in [3.8, 4) is 0 Å². The van der Waals surface area contributed by atoms with Crippen LogP contribution in [0.4, 0.5) is 5.82 Å². The number of unbranched alkanes of at least 4 members (excludes halogenated alkanes) is 4. The van der Waals surface area contributed by atoms with E-state index in [1.165, 1.54) is 6.20 Å². The van der Waals surface area contributed by atoms with E-state index in [-0.39, 0.29) is 10.8 Å². The van der Waals surface area contributed by atoms with E-state index in [9.17, 15) is 4.79 Å². The van der Waals surface area contributed by atoms with Gasteiger partial charge in [0, 0.05) is 12.7 Å². The summed E-state index contributed by atoms with van der Waals surface area (Å²) in [6, 6.07) is 0. The van der Waals surface area contributed by atoms with Gasteiger partial charge in [0.2, 0.25) is 5.28 Å². The lowest BCUT2D eigenvalue weighted by atomic mass is 10.1. The van der Waals surface area contributed by atoms with Crippen molar-refractivity contribution in [1.82, 2.24) is 9.97 Å². The first-order chi connectivity index (χ1) is 9.15. The van der Waals surface area contributed by atoms with Crippen LogP contribution in [0, 0.1) is 0 Å². The highest BCUT2D eigenvalue weighted by atomic mass is 35.5. The van der Waals surface area contributed by atoms with E-state index in [0.717, 1.165) is 45.2 Å². The van der Waals surface area contributed by atoms with Gasteiger partial charge in [-0.15, -0.1) is 0 Å². The number of primary amides is 1. The number of nitrogens with one attached hydrogen (secondary N) is 1. The van der Waals surface area contributed by atoms with Crippen LogP contribution in [0.3, 0.4) is 0 Å². The third kappa shape index (κ3) is 5.85. The van der Waals surface area contributed by atoms with Crippen LogP contribution >= 0.6 is 11.6 Å². The smallest absolute Gasteiger partial charge is 0.254 e. The number of carbonyl (C=O) groups is 1. The molecular weight excluding hydrogens is 266 g/mol. The highest BCUT2D eigenvalue weighted by molar-refractivity contribution is 6.28. The van der Waals surface area contributed by atoms with Crippen LogP contribution in [0.5, 0.6) is 0 Å². The van der Waals surface area contributed by atoms with E-state index < -0.39 is 5.91 Å². The van der Waals surface area contributed by atoms with Gasteiger partial charge in [-0.3, -0.25) is 4.79 Å². The Balaban J connectivity index is 2.36. The highest BCUT2D eigenvalue weighted by Gasteiger charge is 2.10. The first-order valence-electron chi connectivity index (χ1n) is 6.41. The van der Waals surface area contributed by atoms with Gasteiger partial charge in [0.05, 0.1) is 5.56 Å². The van der Waals surface area contributed by atoms with Gasteiger partial charge in [-0.2, -0.15) is 4.98 Å². The molecule has 5 N–H and O–H groups in total. The van der Waals surface area contributed by atoms with E-state index in [1.807, 2.05) is 0 Å². The van der Waals surface area contributed by atoms with Gasteiger partial charge in [0.25, 0.3) is 5.91 Å². The van der Waals surface area contributed by atoms with E-state index >= 15 is 0 Å². The predicted molar refractivity (Wildman–Crippen MR) is 76.2 cm³/mol. The summed E-state index contributed by atoms with van der Waals surface area (Å²) in [5, 5.41) is 3.16. The summed E-state index contributed by atoms with van der Waals surface area (Å²) in [6.07, 6.45) is 6.82. The van der Waals surface area contributed by atoms with E-state index in [1.54, 1.807) is 0 Å². The van der Waals surface area contributed by atoms with Crippen LogP contribution in [0.1, 0.15) is 42.5 Å². The largest absolute Gasteiger partial charge is 0.369 e. The topological polar surface area (TPSA) is 107 Å².